The maximum absolute atomic E-state index is 13.8. The first kappa shape index (κ1) is 26.7. The standard InChI is InChI=1S/C28H26ClN3O6S/c1-2-38-28(35)31-14-12-30(13-15-31)26(33)20-10-11-25-23(17-20)32(18-19-6-5-7-21(29)16-19)27(34)22-8-3-4-9-24(22)39(25,36)37/h3-11,16-17H,2,12-15,18H2,1H3. The fourth-order valence-corrected chi connectivity index (χ4v) is 6.65. The topological polar surface area (TPSA) is 104 Å². The van der Waals surface area contributed by atoms with Crippen LogP contribution >= 0.6 is 11.6 Å². The highest BCUT2D eigenvalue weighted by Crippen LogP contribution is 2.38. The summed E-state index contributed by atoms with van der Waals surface area (Å²) >= 11 is 6.18. The number of fused-ring (bicyclic) bond motifs is 2. The smallest absolute Gasteiger partial charge is 0.409 e. The van der Waals surface area contributed by atoms with Gasteiger partial charge in [-0.25, -0.2) is 13.2 Å². The normalized spacial score (nSPS) is 16.3. The van der Waals surface area contributed by atoms with E-state index in [0.29, 0.717) is 36.8 Å². The van der Waals surface area contributed by atoms with Gasteiger partial charge in [-0.15, -0.1) is 0 Å². The Morgan fingerprint density at radius 2 is 1.62 bits per heavy atom. The molecule has 3 aromatic rings. The highest BCUT2D eigenvalue weighted by Gasteiger charge is 2.36. The van der Waals surface area contributed by atoms with Gasteiger partial charge < -0.3 is 19.4 Å². The second-order valence-corrected chi connectivity index (χ2v) is 11.5. The molecule has 0 aliphatic carbocycles. The molecule has 2 aliphatic heterocycles. The van der Waals surface area contributed by atoms with Gasteiger partial charge in [-0.2, -0.15) is 0 Å². The molecule has 5 rings (SSSR count). The Morgan fingerprint density at radius 3 is 2.33 bits per heavy atom. The average molecular weight is 568 g/mol. The number of benzene rings is 3. The van der Waals surface area contributed by atoms with Crippen molar-refractivity contribution in [3.8, 4) is 0 Å². The fourth-order valence-electron chi connectivity index (χ4n) is 4.80. The molecule has 2 aliphatic rings. The van der Waals surface area contributed by atoms with Gasteiger partial charge in [0.15, 0.2) is 0 Å². The lowest BCUT2D eigenvalue weighted by molar-refractivity contribution is 0.0570. The number of halogens is 1. The number of nitrogens with zero attached hydrogens (tertiary/aromatic N) is 3. The van der Waals surface area contributed by atoms with Crippen molar-refractivity contribution in [1.82, 2.24) is 9.80 Å². The summed E-state index contributed by atoms with van der Waals surface area (Å²) in [5.41, 5.74) is 1.11. The lowest BCUT2D eigenvalue weighted by Gasteiger charge is -2.34. The van der Waals surface area contributed by atoms with Gasteiger partial charge in [0.2, 0.25) is 9.84 Å². The molecule has 202 valence electrons. The summed E-state index contributed by atoms with van der Waals surface area (Å²) < 4.78 is 32.4. The number of amides is 3. The second kappa shape index (κ2) is 10.7. The van der Waals surface area contributed by atoms with E-state index in [0.717, 1.165) is 0 Å². The van der Waals surface area contributed by atoms with Crippen LogP contribution in [-0.2, 0) is 21.1 Å². The summed E-state index contributed by atoms with van der Waals surface area (Å²) in [4.78, 5) is 43.7. The number of carbonyl (C=O) groups is 3. The molecule has 0 bridgehead atoms. The van der Waals surface area contributed by atoms with Gasteiger partial charge in [0.1, 0.15) is 0 Å². The van der Waals surface area contributed by atoms with Gasteiger partial charge in [0.05, 0.1) is 34.2 Å². The van der Waals surface area contributed by atoms with Crippen LogP contribution in [0.2, 0.25) is 5.02 Å². The summed E-state index contributed by atoms with van der Waals surface area (Å²) in [6, 6.07) is 17.4. The van der Waals surface area contributed by atoms with E-state index in [1.165, 1.54) is 35.2 Å². The van der Waals surface area contributed by atoms with E-state index < -0.39 is 21.8 Å². The number of piperazine rings is 1. The first-order valence-corrected chi connectivity index (χ1v) is 14.3. The molecular formula is C28H26ClN3O6S. The monoisotopic (exact) mass is 567 g/mol. The van der Waals surface area contributed by atoms with Crippen molar-refractivity contribution in [2.24, 2.45) is 0 Å². The lowest BCUT2D eigenvalue weighted by atomic mass is 10.1. The Bertz CT molecular complexity index is 1570. The zero-order valence-electron chi connectivity index (χ0n) is 21.2. The molecule has 0 atom stereocenters. The predicted octanol–water partition coefficient (Wildman–Crippen LogP) is 4.25. The van der Waals surface area contributed by atoms with E-state index >= 15 is 0 Å². The van der Waals surface area contributed by atoms with E-state index in [4.69, 9.17) is 16.3 Å². The molecule has 1 saturated heterocycles. The van der Waals surface area contributed by atoms with Crippen molar-refractivity contribution in [2.45, 2.75) is 23.3 Å². The minimum atomic E-state index is -4.07. The third kappa shape index (κ3) is 5.09. The molecule has 0 unspecified atom stereocenters. The molecule has 0 N–H and O–H groups in total. The van der Waals surface area contributed by atoms with Crippen LogP contribution in [-0.4, -0.2) is 68.9 Å². The molecule has 39 heavy (non-hydrogen) atoms. The van der Waals surface area contributed by atoms with Crippen molar-refractivity contribution in [3.63, 3.8) is 0 Å². The first-order chi connectivity index (χ1) is 18.7. The number of anilines is 1. The van der Waals surface area contributed by atoms with Crippen molar-refractivity contribution >= 4 is 45.0 Å². The van der Waals surface area contributed by atoms with Crippen LogP contribution in [0.4, 0.5) is 10.5 Å². The van der Waals surface area contributed by atoms with Gasteiger partial charge in [-0.1, -0.05) is 35.9 Å². The quantitative estimate of drug-likeness (QED) is 0.467. The van der Waals surface area contributed by atoms with Crippen molar-refractivity contribution in [3.05, 3.63) is 88.4 Å². The van der Waals surface area contributed by atoms with E-state index in [1.807, 2.05) is 0 Å². The van der Waals surface area contributed by atoms with E-state index in [1.54, 1.807) is 53.1 Å². The number of hydrogen-bond donors (Lipinski definition) is 0. The molecule has 0 saturated carbocycles. The Labute approximate surface area is 231 Å². The Morgan fingerprint density at radius 1 is 0.897 bits per heavy atom. The third-order valence-corrected chi connectivity index (χ3v) is 8.86. The van der Waals surface area contributed by atoms with E-state index in [9.17, 15) is 22.8 Å². The van der Waals surface area contributed by atoms with Crippen LogP contribution in [0.15, 0.2) is 76.5 Å². The van der Waals surface area contributed by atoms with Crippen LogP contribution < -0.4 is 4.90 Å². The van der Waals surface area contributed by atoms with Crippen LogP contribution in [0.5, 0.6) is 0 Å². The minimum Gasteiger partial charge on any atom is -0.450 e. The van der Waals surface area contributed by atoms with Crippen LogP contribution in [0.3, 0.4) is 0 Å². The van der Waals surface area contributed by atoms with Crippen LogP contribution in [0.1, 0.15) is 33.2 Å². The Kier molecular flexibility index (Phi) is 7.33. The van der Waals surface area contributed by atoms with Crippen LogP contribution in [0.25, 0.3) is 0 Å². The third-order valence-electron chi connectivity index (χ3n) is 6.76. The highest BCUT2D eigenvalue weighted by atomic mass is 35.5. The van der Waals surface area contributed by atoms with Gasteiger partial charge >= 0.3 is 6.09 Å². The number of sulfone groups is 1. The SMILES string of the molecule is CCOC(=O)N1CCN(C(=O)c2ccc3c(c2)N(Cc2cccc(Cl)c2)C(=O)c2ccccc2S3(=O)=O)CC1. The molecular weight excluding hydrogens is 542 g/mol. The number of ether oxygens (including phenoxy) is 1. The minimum absolute atomic E-state index is 0.0477. The van der Waals surface area contributed by atoms with Gasteiger partial charge in [-0.05, 0) is 55.0 Å². The van der Waals surface area contributed by atoms with Crippen molar-refractivity contribution in [2.75, 3.05) is 37.7 Å². The predicted molar refractivity (Wildman–Crippen MR) is 145 cm³/mol. The zero-order chi connectivity index (χ0) is 27.7. The molecule has 2 heterocycles. The van der Waals surface area contributed by atoms with E-state index in [-0.39, 0.29) is 45.7 Å². The van der Waals surface area contributed by atoms with Crippen molar-refractivity contribution in [1.29, 1.82) is 0 Å². The summed E-state index contributed by atoms with van der Waals surface area (Å²) in [6.45, 7) is 3.27. The average Bonchev–Trinajstić information content (AvgIpc) is 3.01. The summed E-state index contributed by atoms with van der Waals surface area (Å²) in [5.74, 6) is -0.823. The number of rotatable bonds is 4. The molecule has 11 heteroatoms. The van der Waals surface area contributed by atoms with Gasteiger partial charge in [-0.3, -0.25) is 9.59 Å². The summed E-state index contributed by atoms with van der Waals surface area (Å²) in [7, 11) is -4.07. The van der Waals surface area contributed by atoms with E-state index in [2.05, 4.69) is 0 Å². The molecule has 1 fully saturated rings. The van der Waals surface area contributed by atoms with Crippen molar-refractivity contribution < 1.29 is 27.5 Å². The molecule has 0 radical (unpaired) electrons. The molecule has 9 nitrogen and oxygen atoms in total. The maximum atomic E-state index is 13.8. The Balaban J connectivity index is 1.53. The van der Waals surface area contributed by atoms with Gasteiger partial charge in [0, 0.05) is 36.8 Å². The highest BCUT2D eigenvalue weighted by molar-refractivity contribution is 7.91. The summed E-state index contributed by atoms with van der Waals surface area (Å²) in [5, 5.41) is 0.480. The summed E-state index contributed by atoms with van der Waals surface area (Å²) in [6.07, 6.45) is -0.422. The molecule has 3 amide bonds. The Hall–Kier alpha value is -3.89. The fraction of sp³-hybridized carbons (Fsp3) is 0.250. The molecule has 3 aromatic carbocycles. The number of carbonyl (C=O) groups excluding carboxylic acids is 3. The van der Waals surface area contributed by atoms with Crippen LogP contribution in [0, 0.1) is 0 Å². The molecule has 0 spiro atoms. The maximum Gasteiger partial charge on any atom is 0.409 e. The molecule has 0 aromatic heterocycles. The second-order valence-electron chi connectivity index (χ2n) is 9.18. The van der Waals surface area contributed by atoms with Gasteiger partial charge in [0.25, 0.3) is 11.8 Å². The number of hydrogen-bond acceptors (Lipinski definition) is 6. The lowest BCUT2D eigenvalue weighted by Crippen LogP contribution is -2.50. The largest absolute Gasteiger partial charge is 0.450 e. The zero-order valence-corrected chi connectivity index (χ0v) is 22.7. The first-order valence-electron chi connectivity index (χ1n) is 12.5.